The molecule has 1 heterocycles. The Morgan fingerprint density at radius 3 is 3.00 bits per heavy atom. The average molecular weight is 321 g/mol. The Morgan fingerprint density at radius 1 is 1.56 bits per heavy atom. The number of rotatable bonds is 2. The summed E-state index contributed by atoms with van der Waals surface area (Å²) in [6.07, 6.45) is 0.974. The van der Waals surface area contributed by atoms with Crippen molar-refractivity contribution >= 4 is 50.9 Å². The van der Waals surface area contributed by atoms with Gasteiger partial charge in [0.25, 0.3) is 0 Å². The van der Waals surface area contributed by atoms with Crippen molar-refractivity contribution in [3.05, 3.63) is 27.7 Å². The van der Waals surface area contributed by atoms with Crippen molar-refractivity contribution in [1.82, 2.24) is 0 Å². The van der Waals surface area contributed by atoms with Gasteiger partial charge in [-0.25, -0.2) is 0 Å². The van der Waals surface area contributed by atoms with Gasteiger partial charge in [0, 0.05) is 21.2 Å². The standard InChI is InChI=1S/C11H11BrClNOS/c12-9-5-8(13)1-2-10(9)14-11(15)7-3-4-16-6-7/h1-2,5,7H,3-4,6H2,(H,14,15). The zero-order valence-corrected chi connectivity index (χ0v) is 11.7. The quantitative estimate of drug-likeness (QED) is 0.898. The van der Waals surface area contributed by atoms with E-state index in [4.69, 9.17) is 11.6 Å². The van der Waals surface area contributed by atoms with Crippen LogP contribution in [0.1, 0.15) is 6.42 Å². The highest BCUT2D eigenvalue weighted by Crippen LogP contribution is 2.28. The van der Waals surface area contributed by atoms with Crippen LogP contribution in [0.5, 0.6) is 0 Å². The number of hydrogen-bond acceptors (Lipinski definition) is 2. The van der Waals surface area contributed by atoms with Crippen LogP contribution in [0.3, 0.4) is 0 Å². The van der Waals surface area contributed by atoms with E-state index in [1.807, 2.05) is 17.8 Å². The maximum Gasteiger partial charge on any atom is 0.228 e. The largest absolute Gasteiger partial charge is 0.325 e. The molecule has 1 fully saturated rings. The first-order chi connectivity index (χ1) is 7.66. The Bertz CT molecular complexity index is 407. The molecule has 1 saturated heterocycles. The van der Waals surface area contributed by atoms with Crippen LogP contribution in [-0.4, -0.2) is 17.4 Å². The SMILES string of the molecule is O=C(Nc1ccc(Cl)cc1Br)C1CCSC1. The molecule has 1 aliphatic rings. The predicted octanol–water partition coefficient (Wildman–Crippen LogP) is 3.79. The first kappa shape index (κ1) is 12.3. The highest BCUT2D eigenvalue weighted by molar-refractivity contribution is 9.10. The first-order valence-corrected chi connectivity index (χ1v) is 7.33. The Morgan fingerprint density at radius 2 is 2.38 bits per heavy atom. The van der Waals surface area contributed by atoms with Crippen molar-refractivity contribution < 1.29 is 4.79 Å². The zero-order valence-electron chi connectivity index (χ0n) is 8.50. The van der Waals surface area contributed by atoms with Gasteiger partial charge in [0.1, 0.15) is 0 Å². The van der Waals surface area contributed by atoms with Gasteiger partial charge in [0.15, 0.2) is 0 Å². The van der Waals surface area contributed by atoms with E-state index in [-0.39, 0.29) is 11.8 Å². The lowest BCUT2D eigenvalue weighted by molar-refractivity contribution is -0.119. The smallest absolute Gasteiger partial charge is 0.228 e. The van der Waals surface area contributed by atoms with Crippen molar-refractivity contribution in [3.8, 4) is 0 Å². The maximum absolute atomic E-state index is 11.9. The third-order valence-corrected chi connectivity index (χ3v) is 4.54. The number of halogens is 2. The summed E-state index contributed by atoms with van der Waals surface area (Å²) in [5.41, 5.74) is 0.784. The van der Waals surface area contributed by atoms with Gasteiger partial charge in [-0.3, -0.25) is 4.79 Å². The molecule has 1 N–H and O–H groups in total. The summed E-state index contributed by atoms with van der Waals surface area (Å²) in [7, 11) is 0. The van der Waals surface area contributed by atoms with Crippen molar-refractivity contribution in [3.63, 3.8) is 0 Å². The molecule has 0 saturated carbocycles. The number of thioether (sulfide) groups is 1. The molecular weight excluding hydrogens is 310 g/mol. The molecule has 1 unspecified atom stereocenters. The lowest BCUT2D eigenvalue weighted by Crippen LogP contribution is -2.22. The van der Waals surface area contributed by atoms with Crippen LogP contribution in [0.25, 0.3) is 0 Å². The van der Waals surface area contributed by atoms with Crippen molar-refractivity contribution in [1.29, 1.82) is 0 Å². The second kappa shape index (κ2) is 5.43. The zero-order chi connectivity index (χ0) is 11.5. The summed E-state index contributed by atoms with van der Waals surface area (Å²) in [5.74, 6) is 2.26. The van der Waals surface area contributed by atoms with Gasteiger partial charge in [-0.15, -0.1) is 0 Å². The van der Waals surface area contributed by atoms with Gasteiger partial charge in [-0.05, 0) is 46.3 Å². The molecule has 0 aromatic heterocycles. The average Bonchev–Trinajstić information content (AvgIpc) is 2.75. The van der Waals surface area contributed by atoms with Gasteiger partial charge >= 0.3 is 0 Å². The molecule has 0 spiro atoms. The maximum atomic E-state index is 11.9. The van der Waals surface area contributed by atoms with Gasteiger partial charge in [-0.1, -0.05) is 11.6 Å². The van der Waals surface area contributed by atoms with Crippen LogP contribution in [0.4, 0.5) is 5.69 Å². The Labute approximate surface area is 112 Å². The van der Waals surface area contributed by atoms with E-state index >= 15 is 0 Å². The normalized spacial score (nSPS) is 19.8. The Balaban J connectivity index is 2.05. The number of carbonyl (C=O) groups excluding carboxylic acids is 1. The van der Waals surface area contributed by atoms with Crippen LogP contribution in [0, 0.1) is 5.92 Å². The van der Waals surface area contributed by atoms with E-state index in [0.717, 1.165) is 28.1 Å². The summed E-state index contributed by atoms with van der Waals surface area (Å²) < 4.78 is 0.819. The van der Waals surface area contributed by atoms with Gasteiger partial charge in [-0.2, -0.15) is 11.8 Å². The fraction of sp³-hybridized carbons (Fsp3) is 0.364. The monoisotopic (exact) mass is 319 g/mol. The number of nitrogens with one attached hydrogen (secondary N) is 1. The van der Waals surface area contributed by atoms with E-state index in [2.05, 4.69) is 21.2 Å². The molecule has 2 nitrogen and oxygen atoms in total. The van der Waals surface area contributed by atoms with Crippen LogP contribution >= 0.6 is 39.3 Å². The molecular formula is C11H11BrClNOS. The van der Waals surface area contributed by atoms with Crippen molar-refractivity contribution in [2.45, 2.75) is 6.42 Å². The third kappa shape index (κ3) is 2.93. The molecule has 86 valence electrons. The van der Waals surface area contributed by atoms with Gasteiger partial charge in [0.05, 0.1) is 5.69 Å². The highest BCUT2D eigenvalue weighted by atomic mass is 79.9. The second-order valence-corrected chi connectivity index (χ2v) is 6.11. The summed E-state index contributed by atoms with van der Waals surface area (Å²) in [6, 6.07) is 5.36. The van der Waals surface area contributed by atoms with Crippen molar-refractivity contribution in [2.75, 3.05) is 16.8 Å². The van der Waals surface area contributed by atoms with Gasteiger partial charge in [0.2, 0.25) is 5.91 Å². The molecule has 0 bridgehead atoms. The van der Waals surface area contributed by atoms with E-state index in [0.29, 0.717) is 5.02 Å². The third-order valence-electron chi connectivity index (χ3n) is 2.49. The summed E-state index contributed by atoms with van der Waals surface area (Å²) in [4.78, 5) is 11.9. The lowest BCUT2D eigenvalue weighted by Gasteiger charge is -2.11. The molecule has 1 atom stereocenters. The minimum absolute atomic E-state index is 0.105. The summed E-state index contributed by atoms with van der Waals surface area (Å²) >= 11 is 11.0. The number of benzene rings is 1. The van der Waals surface area contributed by atoms with Crippen LogP contribution in [0.2, 0.25) is 5.02 Å². The Hall–Kier alpha value is -0.190. The van der Waals surface area contributed by atoms with Crippen molar-refractivity contribution in [2.24, 2.45) is 5.92 Å². The molecule has 1 amide bonds. The number of amides is 1. The first-order valence-electron chi connectivity index (χ1n) is 5.00. The second-order valence-electron chi connectivity index (χ2n) is 3.67. The molecule has 0 radical (unpaired) electrons. The highest BCUT2D eigenvalue weighted by Gasteiger charge is 2.23. The molecule has 1 aliphatic heterocycles. The number of hydrogen-bond donors (Lipinski definition) is 1. The molecule has 1 aromatic rings. The minimum Gasteiger partial charge on any atom is -0.325 e. The van der Waals surface area contributed by atoms with E-state index in [1.54, 1.807) is 12.1 Å². The fourth-order valence-corrected chi connectivity index (χ4v) is 3.57. The summed E-state index contributed by atoms with van der Waals surface area (Å²) in [6.45, 7) is 0. The summed E-state index contributed by atoms with van der Waals surface area (Å²) in [5, 5.41) is 3.58. The number of carbonyl (C=O) groups is 1. The van der Waals surface area contributed by atoms with Crippen LogP contribution in [0.15, 0.2) is 22.7 Å². The van der Waals surface area contributed by atoms with E-state index in [9.17, 15) is 4.79 Å². The van der Waals surface area contributed by atoms with E-state index in [1.165, 1.54) is 0 Å². The lowest BCUT2D eigenvalue weighted by atomic mass is 10.1. The van der Waals surface area contributed by atoms with Crippen LogP contribution < -0.4 is 5.32 Å². The fourth-order valence-electron chi connectivity index (χ4n) is 1.57. The topological polar surface area (TPSA) is 29.1 Å². The number of anilines is 1. The molecule has 5 heteroatoms. The molecule has 1 aromatic carbocycles. The Kier molecular flexibility index (Phi) is 4.16. The van der Waals surface area contributed by atoms with E-state index < -0.39 is 0 Å². The van der Waals surface area contributed by atoms with Gasteiger partial charge < -0.3 is 5.32 Å². The minimum atomic E-state index is 0.105. The molecule has 0 aliphatic carbocycles. The van der Waals surface area contributed by atoms with Crippen LogP contribution in [-0.2, 0) is 4.79 Å². The predicted molar refractivity (Wildman–Crippen MR) is 73.2 cm³/mol. The molecule has 2 rings (SSSR count). The molecule has 16 heavy (non-hydrogen) atoms.